The normalized spacial score (nSPS) is 11.0. The maximum Gasteiger partial charge on any atom is 0.514 e. The number of nitro benzene ring substituents is 2. The van der Waals surface area contributed by atoms with Crippen molar-refractivity contribution in [2.24, 2.45) is 0 Å². The summed E-state index contributed by atoms with van der Waals surface area (Å²) in [6.07, 6.45) is -0.988. The van der Waals surface area contributed by atoms with Gasteiger partial charge in [-0.25, -0.2) is 9.59 Å². The number of esters is 1. The largest absolute Gasteiger partial charge is 0.514 e. The monoisotopic (exact) mass is 476 g/mol. The highest BCUT2D eigenvalue weighted by atomic mass is 16.7. The van der Waals surface area contributed by atoms with E-state index < -0.39 is 40.4 Å². The van der Waals surface area contributed by atoms with Gasteiger partial charge in [0.15, 0.2) is 18.1 Å². The summed E-state index contributed by atoms with van der Waals surface area (Å²) in [4.78, 5) is 44.7. The van der Waals surface area contributed by atoms with Gasteiger partial charge in [0, 0.05) is 12.1 Å². The maximum absolute atomic E-state index is 12.1. The van der Waals surface area contributed by atoms with Crippen LogP contribution in [0.1, 0.15) is 18.6 Å². The van der Waals surface area contributed by atoms with Gasteiger partial charge in [0.2, 0.25) is 0 Å². The van der Waals surface area contributed by atoms with Crippen LogP contribution in [-0.2, 0) is 14.3 Å². The van der Waals surface area contributed by atoms with Crippen molar-refractivity contribution in [1.82, 2.24) is 0 Å². The van der Waals surface area contributed by atoms with Crippen molar-refractivity contribution < 1.29 is 43.1 Å². The zero-order valence-corrected chi connectivity index (χ0v) is 18.1. The Morgan fingerprint density at radius 2 is 1.76 bits per heavy atom. The summed E-state index contributed by atoms with van der Waals surface area (Å²) in [6, 6.07) is 6.91. The van der Waals surface area contributed by atoms with Gasteiger partial charge in [0.25, 0.3) is 11.4 Å². The van der Waals surface area contributed by atoms with E-state index >= 15 is 0 Å². The van der Waals surface area contributed by atoms with Crippen LogP contribution in [0.3, 0.4) is 0 Å². The topological polar surface area (TPSA) is 167 Å². The number of hydrogen-bond donors (Lipinski definition) is 0. The third kappa shape index (κ3) is 6.91. The first kappa shape index (κ1) is 25.6. The standard InChI is InChI=1S/C21H20N2O11/c1-4-9-31-20(24)12-32-19-11-17(23(28)29)16(10-18(19)30-3)13(2)33-21(25)34-15-7-5-14(6-8-15)22(26)27/h4-8,10-11,13H,1,9,12H2,2-3H3. The molecule has 0 aliphatic rings. The molecule has 0 spiro atoms. The van der Waals surface area contributed by atoms with E-state index in [4.69, 9.17) is 23.7 Å². The van der Waals surface area contributed by atoms with Gasteiger partial charge < -0.3 is 23.7 Å². The maximum atomic E-state index is 12.1. The van der Waals surface area contributed by atoms with E-state index in [1.807, 2.05) is 0 Å². The quantitative estimate of drug-likeness (QED) is 0.152. The minimum absolute atomic E-state index is 0.0246. The molecule has 0 fully saturated rings. The molecule has 0 radical (unpaired) electrons. The predicted octanol–water partition coefficient (Wildman–Crippen LogP) is 3.90. The van der Waals surface area contributed by atoms with Gasteiger partial charge in [0.1, 0.15) is 18.5 Å². The van der Waals surface area contributed by atoms with Crippen LogP contribution in [0.5, 0.6) is 17.2 Å². The van der Waals surface area contributed by atoms with E-state index in [0.717, 1.165) is 18.2 Å². The second-order valence-electron chi connectivity index (χ2n) is 6.44. The average molecular weight is 476 g/mol. The van der Waals surface area contributed by atoms with Gasteiger partial charge >= 0.3 is 12.1 Å². The van der Waals surface area contributed by atoms with Crippen LogP contribution in [0.4, 0.5) is 16.2 Å². The number of carbonyl (C=O) groups is 2. The molecule has 13 nitrogen and oxygen atoms in total. The molecule has 13 heteroatoms. The van der Waals surface area contributed by atoms with Crippen LogP contribution in [0, 0.1) is 20.2 Å². The van der Waals surface area contributed by atoms with Crippen LogP contribution in [-0.4, -0.2) is 42.3 Å². The van der Waals surface area contributed by atoms with Crippen molar-refractivity contribution in [3.63, 3.8) is 0 Å². The molecule has 0 aliphatic carbocycles. The van der Waals surface area contributed by atoms with Crippen molar-refractivity contribution in [3.8, 4) is 17.2 Å². The van der Waals surface area contributed by atoms with Crippen LogP contribution in [0.15, 0.2) is 49.1 Å². The first-order valence-corrected chi connectivity index (χ1v) is 9.54. The fourth-order valence-electron chi connectivity index (χ4n) is 2.62. The Kier molecular flexibility index (Phi) is 8.88. The Hall–Kier alpha value is -4.68. The lowest BCUT2D eigenvalue weighted by molar-refractivity contribution is -0.386. The van der Waals surface area contributed by atoms with Gasteiger partial charge in [-0.1, -0.05) is 12.7 Å². The van der Waals surface area contributed by atoms with Crippen molar-refractivity contribution in [2.45, 2.75) is 13.0 Å². The lowest BCUT2D eigenvalue weighted by Crippen LogP contribution is -2.16. The van der Waals surface area contributed by atoms with E-state index in [1.54, 1.807) is 0 Å². The third-order valence-corrected chi connectivity index (χ3v) is 4.18. The van der Waals surface area contributed by atoms with Gasteiger partial charge in [-0.2, -0.15) is 0 Å². The van der Waals surface area contributed by atoms with Gasteiger partial charge in [-0.15, -0.1) is 0 Å². The molecule has 34 heavy (non-hydrogen) atoms. The average Bonchev–Trinajstić information content (AvgIpc) is 2.80. The second kappa shape index (κ2) is 11.8. The number of hydrogen-bond acceptors (Lipinski definition) is 11. The first-order valence-electron chi connectivity index (χ1n) is 9.54. The summed E-state index contributed by atoms with van der Waals surface area (Å²) in [6.45, 7) is 4.22. The van der Waals surface area contributed by atoms with E-state index in [9.17, 15) is 29.8 Å². The Balaban J connectivity index is 2.17. The molecule has 0 saturated heterocycles. The smallest absolute Gasteiger partial charge is 0.493 e. The Bertz CT molecular complexity index is 1080. The van der Waals surface area contributed by atoms with E-state index in [0.29, 0.717) is 0 Å². The summed E-state index contributed by atoms with van der Waals surface area (Å²) in [5, 5.41) is 22.3. The number of rotatable bonds is 11. The molecule has 1 atom stereocenters. The van der Waals surface area contributed by atoms with E-state index in [-0.39, 0.29) is 35.1 Å². The summed E-state index contributed by atoms with van der Waals surface area (Å²) < 4.78 is 25.3. The minimum Gasteiger partial charge on any atom is -0.493 e. The predicted molar refractivity (Wildman–Crippen MR) is 115 cm³/mol. The third-order valence-electron chi connectivity index (χ3n) is 4.18. The summed E-state index contributed by atoms with van der Waals surface area (Å²) in [7, 11) is 1.28. The fourth-order valence-corrected chi connectivity index (χ4v) is 2.62. The van der Waals surface area contributed by atoms with Crippen LogP contribution >= 0.6 is 0 Å². The number of benzene rings is 2. The van der Waals surface area contributed by atoms with Gasteiger partial charge in [-0.05, 0) is 25.1 Å². The van der Waals surface area contributed by atoms with Crippen molar-refractivity contribution >= 4 is 23.5 Å². The van der Waals surface area contributed by atoms with Crippen molar-refractivity contribution in [2.75, 3.05) is 20.3 Å². The molecule has 0 bridgehead atoms. The Labute approximate surface area is 192 Å². The highest BCUT2D eigenvalue weighted by molar-refractivity contribution is 5.71. The number of nitrogens with zero attached hydrogens (tertiary/aromatic N) is 2. The summed E-state index contributed by atoms with van der Waals surface area (Å²) >= 11 is 0. The molecule has 2 rings (SSSR count). The molecule has 0 aromatic heterocycles. The number of ether oxygens (including phenoxy) is 5. The molecule has 0 aliphatic heterocycles. The molecule has 0 heterocycles. The Morgan fingerprint density at radius 3 is 2.32 bits per heavy atom. The zero-order chi connectivity index (χ0) is 25.3. The molecule has 0 N–H and O–H groups in total. The number of carbonyl (C=O) groups excluding carboxylic acids is 2. The van der Waals surface area contributed by atoms with E-state index in [2.05, 4.69) is 6.58 Å². The highest BCUT2D eigenvalue weighted by Crippen LogP contribution is 2.38. The number of nitro groups is 2. The minimum atomic E-state index is -1.19. The number of methoxy groups -OCH3 is 1. The summed E-state index contributed by atoms with van der Waals surface area (Å²) in [5.74, 6) is -0.813. The lowest BCUT2D eigenvalue weighted by Gasteiger charge is -2.16. The lowest BCUT2D eigenvalue weighted by atomic mass is 10.1. The SMILES string of the molecule is C=CCOC(=O)COc1cc([N+](=O)[O-])c(C(C)OC(=O)Oc2ccc([N+](=O)[O-])cc2)cc1OC. The van der Waals surface area contributed by atoms with E-state index in [1.165, 1.54) is 38.3 Å². The Morgan fingerprint density at radius 1 is 1.09 bits per heavy atom. The molecular formula is C21H20N2O11. The molecule has 1 unspecified atom stereocenters. The van der Waals surface area contributed by atoms with Crippen LogP contribution < -0.4 is 14.2 Å². The second-order valence-corrected chi connectivity index (χ2v) is 6.44. The van der Waals surface area contributed by atoms with Crippen molar-refractivity contribution in [3.05, 3.63) is 74.8 Å². The first-order chi connectivity index (χ1) is 16.2. The molecule has 180 valence electrons. The molecule has 0 amide bonds. The van der Waals surface area contributed by atoms with Crippen LogP contribution in [0.2, 0.25) is 0 Å². The molecule has 2 aromatic rings. The molecule has 0 saturated carbocycles. The van der Waals surface area contributed by atoms with Crippen LogP contribution in [0.25, 0.3) is 0 Å². The molecule has 2 aromatic carbocycles. The van der Waals surface area contributed by atoms with Crippen molar-refractivity contribution in [1.29, 1.82) is 0 Å². The molecular weight excluding hydrogens is 456 g/mol. The van der Waals surface area contributed by atoms with Gasteiger partial charge in [0.05, 0.1) is 28.6 Å². The zero-order valence-electron chi connectivity index (χ0n) is 18.1. The highest BCUT2D eigenvalue weighted by Gasteiger charge is 2.27. The fraction of sp³-hybridized carbons (Fsp3) is 0.238. The number of non-ortho nitro benzene ring substituents is 1. The summed E-state index contributed by atoms with van der Waals surface area (Å²) in [5.41, 5.74) is -0.706. The van der Waals surface area contributed by atoms with Gasteiger partial charge in [-0.3, -0.25) is 20.2 Å².